The first-order chi connectivity index (χ1) is 11.5. The molecule has 0 amide bonds. The molecule has 0 unspecified atom stereocenters. The van der Waals surface area contributed by atoms with Crippen LogP contribution in [0.5, 0.6) is 0 Å². The van der Waals surface area contributed by atoms with Crippen LogP contribution < -0.4 is 0 Å². The Balaban J connectivity index is 0.000000141. The van der Waals surface area contributed by atoms with Crippen LogP contribution in [0.3, 0.4) is 0 Å². The second-order valence-corrected chi connectivity index (χ2v) is 7.50. The van der Waals surface area contributed by atoms with Gasteiger partial charge in [-0.1, -0.05) is 24.3 Å². The lowest BCUT2D eigenvalue weighted by Gasteiger charge is -1.99. The van der Waals surface area contributed by atoms with Crippen molar-refractivity contribution in [3.05, 3.63) is 72.8 Å². The Morgan fingerprint density at radius 2 is 0.625 bits per heavy atom. The molecule has 4 aromatic carbocycles. The molecule has 0 heterocycles. The zero-order chi connectivity index (χ0) is 17.1. The highest BCUT2D eigenvalue weighted by Gasteiger charge is 1.94. The van der Waals surface area contributed by atoms with Crippen molar-refractivity contribution in [2.45, 2.75) is 19.6 Å². The summed E-state index contributed by atoms with van der Waals surface area (Å²) in [5, 5.41) is 4.83. The van der Waals surface area contributed by atoms with E-state index in [1.807, 2.05) is 48.5 Å². The van der Waals surface area contributed by atoms with Gasteiger partial charge in [0, 0.05) is 19.6 Å². The molecule has 0 radical (unpaired) electrons. The third kappa shape index (κ3) is 4.45. The molecule has 0 spiro atoms. The number of benzene rings is 4. The summed E-state index contributed by atoms with van der Waals surface area (Å²) in [4.78, 5) is 3.96. The van der Waals surface area contributed by atoms with Gasteiger partial charge in [0.2, 0.25) is 0 Å². The molecule has 4 heteroatoms. The van der Waals surface area contributed by atoms with Crippen LogP contribution in [0.1, 0.15) is 0 Å². The van der Waals surface area contributed by atoms with E-state index in [9.17, 15) is 0 Å². The quantitative estimate of drug-likeness (QED) is 0.235. The van der Waals surface area contributed by atoms with Crippen LogP contribution in [-0.2, 0) is 0 Å². The summed E-state index contributed by atoms with van der Waals surface area (Å²) in [6.45, 7) is 0. The lowest BCUT2D eigenvalue weighted by molar-refractivity contribution is 1.47. The van der Waals surface area contributed by atoms with E-state index in [1.165, 1.54) is 21.5 Å². The first-order valence-electron chi connectivity index (χ1n) is 7.35. The zero-order valence-electron chi connectivity index (χ0n) is 12.7. The van der Waals surface area contributed by atoms with Gasteiger partial charge in [-0.2, -0.15) is 0 Å². The molecular formula is C20H16S4. The van der Waals surface area contributed by atoms with E-state index < -0.39 is 0 Å². The standard InChI is InChI=1S/2C10H8S2/c11-9-3-1-7-5-10(12)4-2-8(7)6-9;11-9-3-1-7-2-4-10(12)6-8(7)5-9/h2*1-6,11-12H. The van der Waals surface area contributed by atoms with Gasteiger partial charge in [0.25, 0.3) is 0 Å². The van der Waals surface area contributed by atoms with Crippen molar-refractivity contribution in [1.29, 1.82) is 0 Å². The van der Waals surface area contributed by atoms with Crippen molar-refractivity contribution in [2.75, 3.05) is 0 Å². The van der Waals surface area contributed by atoms with Crippen LogP contribution in [-0.4, -0.2) is 0 Å². The van der Waals surface area contributed by atoms with Gasteiger partial charge in [-0.15, -0.1) is 50.5 Å². The second-order valence-electron chi connectivity index (χ2n) is 5.43. The maximum atomic E-state index is 4.27. The molecule has 120 valence electrons. The van der Waals surface area contributed by atoms with Crippen LogP contribution in [0, 0.1) is 0 Å². The van der Waals surface area contributed by atoms with Crippen molar-refractivity contribution in [3.63, 3.8) is 0 Å². The average molecular weight is 385 g/mol. The third-order valence-corrected chi connectivity index (χ3v) is 4.73. The molecule has 0 aromatic heterocycles. The van der Waals surface area contributed by atoms with Crippen molar-refractivity contribution >= 4 is 72.1 Å². The summed E-state index contributed by atoms with van der Waals surface area (Å²) < 4.78 is 0. The Kier molecular flexibility index (Phi) is 5.72. The first kappa shape index (κ1) is 17.6. The SMILES string of the molecule is Sc1ccc2cc(S)ccc2c1.Sc1ccc2ccc(S)cc2c1. The lowest BCUT2D eigenvalue weighted by Crippen LogP contribution is -1.73. The average Bonchev–Trinajstić information content (AvgIpc) is 2.55. The van der Waals surface area contributed by atoms with E-state index in [0.29, 0.717) is 0 Å². The molecule has 4 aromatic rings. The Hall–Kier alpha value is -1.20. The van der Waals surface area contributed by atoms with Crippen molar-refractivity contribution in [2.24, 2.45) is 0 Å². The molecule has 0 N–H and O–H groups in total. The molecule has 0 aliphatic rings. The van der Waals surface area contributed by atoms with Crippen LogP contribution in [0.15, 0.2) is 92.4 Å². The van der Waals surface area contributed by atoms with Crippen LogP contribution in [0.4, 0.5) is 0 Å². The highest BCUT2D eigenvalue weighted by atomic mass is 32.1. The van der Waals surface area contributed by atoms with Gasteiger partial charge in [0.15, 0.2) is 0 Å². The zero-order valence-corrected chi connectivity index (χ0v) is 16.3. The van der Waals surface area contributed by atoms with Crippen LogP contribution >= 0.6 is 50.5 Å². The van der Waals surface area contributed by atoms with Crippen molar-refractivity contribution < 1.29 is 0 Å². The van der Waals surface area contributed by atoms with E-state index in [1.54, 1.807) is 0 Å². The number of fused-ring (bicyclic) bond motifs is 2. The summed E-state index contributed by atoms with van der Waals surface area (Å²) in [7, 11) is 0. The van der Waals surface area contributed by atoms with Crippen molar-refractivity contribution in [1.82, 2.24) is 0 Å². The molecule has 0 fully saturated rings. The number of rotatable bonds is 0. The molecule has 0 aliphatic heterocycles. The number of thiol groups is 4. The Bertz CT molecular complexity index is 931. The maximum absolute atomic E-state index is 4.27. The van der Waals surface area contributed by atoms with E-state index >= 15 is 0 Å². The van der Waals surface area contributed by atoms with Gasteiger partial charge < -0.3 is 0 Å². The highest BCUT2D eigenvalue weighted by molar-refractivity contribution is 7.80. The summed E-state index contributed by atoms with van der Waals surface area (Å²) in [5.41, 5.74) is 0. The van der Waals surface area contributed by atoms with E-state index in [-0.39, 0.29) is 0 Å². The molecule has 0 saturated carbocycles. The summed E-state index contributed by atoms with van der Waals surface area (Å²) >= 11 is 17.1. The van der Waals surface area contributed by atoms with Gasteiger partial charge >= 0.3 is 0 Å². The lowest BCUT2D eigenvalue weighted by atomic mass is 10.1. The maximum Gasteiger partial charge on any atom is 0.00463 e. The summed E-state index contributed by atoms with van der Waals surface area (Å²) in [6, 6.07) is 24.3. The van der Waals surface area contributed by atoms with Crippen LogP contribution in [0.2, 0.25) is 0 Å². The topological polar surface area (TPSA) is 0 Å². The molecule has 0 nitrogen and oxygen atoms in total. The minimum absolute atomic E-state index is 0.987. The van der Waals surface area contributed by atoms with Crippen LogP contribution in [0.25, 0.3) is 21.5 Å². The Labute approximate surface area is 163 Å². The minimum atomic E-state index is 0.987. The van der Waals surface area contributed by atoms with Crippen molar-refractivity contribution in [3.8, 4) is 0 Å². The highest BCUT2D eigenvalue weighted by Crippen LogP contribution is 2.21. The third-order valence-electron chi connectivity index (χ3n) is 3.61. The van der Waals surface area contributed by atoms with E-state index in [0.717, 1.165) is 19.6 Å². The summed E-state index contributed by atoms with van der Waals surface area (Å²) in [5.74, 6) is 0. The monoisotopic (exact) mass is 384 g/mol. The van der Waals surface area contributed by atoms with Gasteiger partial charge in [-0.25, -0.2) is 0 Å². The fourth-order valence-electron chi connectivity index (χ4n) is 2.44. The Morgan fingerprint density at radius 1 is 0.333 bits per heavy atom. The van der Waals surface area contributed by atoms with Gasteiger partial charge in [0.1, 0.15) is 0 Å². The number of hydrogen-bond donors (Lipinski definition) is 4. The fourth-order valence-corrected chi connectivity index (χ4v) is 3.30. The molecular weight excluding hydrogens is 368 g/mol. The fraction of sp³-hybridized carbons (Fsp3) is 0. The minimum Gasteiger partial charge on any atom is -0.143 e. The molecule has 0 aliphatic carbocycles. The van der Waals surface area contributed by atoms with Gasteiger partial charge in [0.05, 0.1) is 0 Å². The van der Waals surface area contributed by atoms with Gasteiger partial charge in [-0.3, -0.25) is 0 Å². The number of hydrogen-bond acceptors (Lipinski definition) is 4. The van der Waals surface area contributed by atoms with E-state index in [4.69, 9.17) is 0 Å². The predicted octanol–water partition coefficient (Wildman–Crippen LogP) is 6.83. The predicted molar refractivity (Wildman–Crippen MR) is 117 cm³/mol. The van der Waals surface area contributed by atoms with Gasteiger partial charge in [-0.05, 0) is 70.1 Å². The molecule has 0 bridgehead atoms. The second kappa shape index (κ2) is 7.79. The summed E-state index contributed by atoms with van der Waals surface area (Å²) in [6.07, 6.45) is 0. The normalized spacial score (nSPS) is 10.5. The van der Waals surface area contributed by atoms with E-state index in [2.05, 4.69) is 74.8 Å². The molecule has 0 saturated heterocycles. The molecule has 24 heavy (non-hydrogen) atoms. The smallest absolute Gasteiger partial charge is 0.00463 e. The Morgan fingerprint density at radius 3 is 1.00 bits per heavy atom. The largest absolute Gasteiger partial charge is 0.143 e. The molecule has 0 atom stereocenters. The first-order valence-corrected chi connectivity index (χ1v) is 9.14. The molecule has 4 rings (SSSR count).